The molecule has 0 aliphatic heterocycles. The largest absolute Gasteiger partial charge is 0.460 e. The fraction of sp³-hybridized carbons (Fsp3) is 0.348. The van der Waals surface area contributed by atoms with E-state index in [-0.39, 0.29) is 0 Å². The third-order valence-electron chi connectivity index (χ3n) is 4.52. The van der Waals surface area contributed by atoms with Crippen LogP contribution in [0.4, 0.5) is 0 Å². The summed E-state index contributed by atoms with van der Waals surface area (Å²) >= 11 is 0. The second-order valence-corrected chi connectivity index (χ2v) is 7.92. The molecule has 5 heteroatoms. The van der Waals surface area contributed by atoms with Crippen molar-refractivity contribution in [2.45, 2.75) is 40.2 Å². The molecule has 0 saturated carbocycles. The van der Waals surface area contributed by atoms with Crippen LogP contribution >= 0.6 is 0 Å². The maximum Gasteiger partial charge on any atom is 0.338 e. The van der Waals surface area contributed by atoms with Gasteiger partial charge >= 0.3 is 11.9 Å². The Labute approximate surface area is 165 Å². The number of fused-ring (bicyclic) bond motifs is 1. The van der Waals surface area contributed by atoms with Gasteiger partial charge in [0.15, 0.2) is 5.41 Å². The van der Waals surface area contributed by atoms with Crippen LogP contribution in [0.15, 0.2) is 43.0 Å². The van der Waals surface area contributed by atoms with Crippen molar-refractivity contribution in [3.8, 4) is 0 Å². The summed E-state index contributed by atoms with van der Waals surface area (Å²) in [6.07, 6.45) is 1.72. The van der Waals surface area contributed by atoms with Crippen LogP contribution in [0.25, 0.3) is 16.8 Å². The molecule has 2 aromatic rings. The average Bonchev–Trinajstić information content (AvgIpc) is 2.63. The lowest BCUT2D eigenvalue weighted by Gasteiger charge is -2.29. The van der Waals surface area contributed by atoms with Crippen LogP contribution in [0, 0.1) is 5.41 Å². The molecule has 0 radical (unpaired) electrons. The Hall–Kier alpha value is -2.95. The molecule has 0 amide bonds. The highest BCUT2D eigenvalue weighted by molar-refractivity contribution is 6.07. The van der Waals surface area contributed by atoms with Gasteiger partial charge in [-0.2, -0.15) is 0 Å². The van der Waals surface area contributed by atoms with Gasteiger partial charge in [0.1, 0.15) is 18.0 Å². The van der Waals surface area contributed by atoms with Crippen LogP contribution in [0.1, 0.15) is 50.5 Å². The molecule has 0 aromatic heterocycles. The lowest BCUT2D eigenvalue weighted by molar-refractivity contribution is -0.171. The van der Waals surface area contributed by atoms with Crippen LogP contribution in [0.3, 0.4) is 0 Å². The maximum absolute atomic E-state index is 12.7. The first-order chi connectivity index (χ1) is 13.0. The first-order valence-electron chi connectivity index (χ1n) is 9.05. The van der Waals surface area contributed by atoms with Crippen LogP contribution in [0.5, 0.6) is 0 Å². The van der Waals surface area contributed by atoms with Gasteiger partial charge in [0, 0.05) is 0 Å². The van der Waals surface area contributed by atoms with Crippen LogP contribution < -0.4 is 0 Å². The van der Waals surface area contributed by atoms with Crippen molar-refractivity contribution >= 4 is 34.6 Å². The topological polar surface area (TPSA) is 69.7 Å². The molecule has 0 fully saturated rings. The van der Waals surface area contributed by atoms with E-state index in [2.05, 4.69) is 6.58 Å². The molecule has 0 N–H and O–H groups in total. The summed E-state index contributed by atoms with van der Waals surface area (Å²) in [5.74, 6) is -1.75. The van der Waals surface area contributed by atoms with Crippen molar-refractivity contribution in [2.75, 3.05) is 6.61 Å². The highest BCUT2D eigenvalue weighted by atomic mass is 16.6. The number of carbonyl (C=O) groups excluding carboxylic acids is 3. The van der Waals surface area contributed by atoms with Crippen molar-refractivity contribution in [3.63, 3.8) is 0 Å². The minimum atomic E-state index is -1.57. The molecular weight excluding hydrogens is 356 g/mol. The molecule has 0 aliphatic rings. The first-order valence-corrected chi connectivity index (χ1v) is 9.05. The van der Waals surface area contributed by atoms with Crippen molar-refractivity contribution < 1.29 is 23.9 Å². The van der Waals surface area contributed by atoms with E-state index in [1.165, 1.54) is 13.8 Å². The molecule has 148 valence electrons. The minimum Gasteiger partial charge on any atom is -0.460 e. The molecule has 28 heavy (non-hydrogen) atoms. The van der Waals surface area contributed by atoms with Crippen molar-refractivity contribution in [2.24, 2.45) is 5.41 Å². The van der Waals surface area contributed by atoms with Crippen molar-refractivity contribution in [3.05, 3.63) is 54.1 Å². The summed E-state index contributed by atoms with van der Waals surface area (Å²) < 4.78 is 10.7. The second kappa shape index (κ2) is 7.97. The lowest BCUT2D eigenvalue weighted by Crippen LogP contribution is -2.44. The van der Waals surface area contributed by atoms with Crippen molar-refractivity contribution in [1.82, 2.24) is 0 Å². The Morgan fingerprint density at radius 2 is 1.61 bits per heavy atom. The predicted molar refractivity (Wildman–Crippen MR) is 109 cm³/mol. The molecule has 2 rings (SSSR count). The Morgan fingerprint density at radius 1 is 1.00 bits per heavy atom. The van der Waals surface area contributed by atoms with Gasteiger partial charge in [-0.05, 0) is 57.0 Å². The smallest absolute Gasteiger partial charge is 0.338 e. The number of carbonyl (C=O) groups is 3. The molecule has 0 saturated heterocycles. The first kappa shape index (κ1) is 21.4. The summed E-state index contributed by atoms with van der Waals surface area (Å²) in [7, 11) is 0. The number of esters is 2. The number of hydrogen-bond donors (Lipinski definition) is 0. The fourth-order valence-corrected chi connectivity index (χ4v) is 2.66. The number of hydrogen-bond acceptors (Lipinski definition) is 5. The van der Waals surface area contributed by atoms with Gasteiger partial charge in [0.05, 0.1) is 5.56 Å². The van der Waals surface area contributed by atoms with Crippen LogP contribution in [0.2, 0.25) is 0 Å². The zero-order valence-corrected chi connectivity index (χ0v) is 17.0. The minimum absolute atomic E-state index is 0.358. The summed E-state index contributed by atoms with van der Waals surface area (Å²) in [6, 6.07) is 10.8. The molecule has 0 spiro atoms. The zero-order chi connectivity index (χ0) is 21.1. The molecule has 0 bridgehead atoms. The van der Waals surface area contributed by atoms with Crippen molar-refractivity contribution in [1.29, 1.82) is 0 Å². The van der Waals surface area contributed by atoms with Gasteiger partial charge in [-0.1, -0.05) is 43.0 Å². The van der Waals surface area contributed by atoms with Gasteiger partial charge in [-0.25, -0.2) is 4.79 Å². The Bertz CT molecular complexity index is 936. The highest BCUT2D eigenvalue weighted by Gasteiger charge is 2.43. The standard InChI is InChI=1S/C23H26O5/c1-7-16-12-13-19(18-11-9-8-10-17(16)18)20(25)27-14-23(6,15(2)24)21(26)28-22(3,4)5/h7-13H,1,14H2,2-6H3. The Kier molecular flexibility index (Phi) is 6.07. The third kappa shape index (κ3) is 4.47. The molecule has 5 nitrogen and oxygen atoms in total. The second-order valence-electron chi connectivity index (χ2n) is 7.92. The number of rotatable bonds is 6. The zero-order valence-electron chi connectivity index (χ0n) is 17.0. The summed E-state index contributed by atoms with van der Waals surface area (Å²) in [5.41, 5.74) is -1.07. The quantitative estimate of drug-likeness (QED) is 0.540. The number of ether oxygens (including phenoxy) is 2. The van der Waals surface area contributed by atoms with E-state index in [4.69, 9.17) is 9.47 Å². The Morgan fingerprint density at radius 3 is 2.14 bits per heavy atom. The van der Waals surface area contributed by atoms with Gasteiger partial charge in [-0.15, -0.1) is 0 Å². The molecule has 2 aromatic carbocycles. The average molecular weight is 382 g/mol. The SMILES string of the molecule is C=Cc1ccc(C(=O)OCC(C)(C(C)=O)C(=O)OC(C)(C)C)c2ccccc12. The van der Waals surface area contributed by atoms with Gasteiger partial charge in [0.2, 0.25) is 0 Å². The third-order valence-corrected chi connectivity index (χ3v) is 4.52. The fourth-order valence-electron chi connectivity index (χ4n) is 2.66. The molecule has 0 aliphatic carbocycles. The molecule has 1 atom stereocenters. The monoisotopic (exact) mass is 382 g/mol. The summed E-state index contributed by atoms with van der Waals surface area (Å²) in [4.78, 5) is 37.4. The van der Waals surface area contributed by atoms with Crippen LogP contribution in [-0.2, 0) is 19.1 Å². The normalized spacial score (nSPS) is 13.5. The molecular formula is C23H26O5. The van der Waals surface area contributed by atoms with E-state index < -0.39 is 35.3 Å². The Balaban J connectivity index is 2.29. The van der Waals surface area contributed by atoms with E-state index in [1.54, 1.807) is 39.0 Å². The summed E-state index contributed by atoms with van der Waals surface area (Å²) in [6.45, 7) is 11.2. The van der Waals surface area contributed by atoms with Gasteiger partial charge in [-0.3, -0.25) is 9.59 Å². The molecule has 1 unspecified atom stereocenters. The van der Waals surface area contributed by atoms with E-state index >= 15 is 0 Å². The van der Waals surface area contributed by atoms with E-state index in [9.17, 15) is 14.4 Å². The van der Waals surface area contributed by atoms with E-state index in [1.807, 2.05) is 24.3 Å². The lowest BCUT2D eigenvalue weighted by atomic mass is 9.87. The number of Topliss-reactive ketones (excluding diaryl/α,β-unsaturated/α-hetero) is 1. The highest BCUT2D eigenvalue weighted by Crippen LogP contribution is 2.27. The number of ketones is 1. The van der Waals surface area contributed by atoms with Gasteiger partial charge < -0.3 is 9.47 Å². The van der Waals surface area contributed by atoms with E-state index in [0.29, 0.717) is 10.9 Å². The number of benzene rings is 2. The maximum atomic E-state index is 12.7. The summed E-state index contributed by atoms with van der Waals surface area (Å²) in [5, 5.41) is 1.58. The van der Waals surface area contributed by atoms with Crippen LogP contribution in [-0.4, -0.2) is 29.9 Å². The van der Waals surface area contributed by atoms with E-state index in [0.717, 1.165) is 10.9 Å². The molecule has 0 heterocycles. The van der Waals surface area contributed by atoms with Gasteiger partial charge in [0.25, 0.3) is 0 Å². The predicted octanol–water partition coefficient (Wildman–Crippen LogP) is 4.58.